The van der Waals surface area contributed by atoms with Gasteiger partial charge in [0, 0.05) is 12.1 Å². The number of nitrogens with zero attached hydrogens (tertiary/aromatic N) is 1. The molecule has 5 nitrogen and oxygen atoms in total. The van der Waals surface area contributed by atoms with Crippen molar-refractivity contribution >= 4 is 23.2 Å². The Hall–Kier alpha value is -2.40. The molecule has 0 aromatic heterocycles. The van der Waals surface area contributed by atoms with E-state index in [-0.39, 0.29) is 28.2 Å². The molecule has 1 amide bonds. The third-order valence-electron chi connectivity index (χ3n) is 4.06. The van der Waals surface area contributed by atoms with Gasteiger partial charge >= 0.3 is 0 Å². The maximum absolute atomic E-state index is 12.5. The minimum absolute atomic E-state index is 0.0663. The largest absolute Gasteiger partial charge is 0.345 e. The summed E-state index contributed by atoms with van der Waals surface area (Å²) in [5.41, 5.74) is 3.46. The molecule has 0 heterocycles. The van der Waals surface area contributed by atoms with Crippen LogP contribution >= 0.6 is 11.6 Å². The van der Waals surface area contributed by atoms with Crippen molar-refractivity contribution in [2.45, 2.75) is 33.2 Å². The minimum Gasteiger partial charge on any atom is -0.345 e. The van der Waals surface area contributed by atoms with Crippen LogP contribution in [0.25, 0.3) is 0 Å². The van der Waals surface area contributed by atoms with Gasteiger partial charge in [0.2, 0.25) is 0 Å². The molecular formula is C18H19ClN2O3. The smallest absolute Gasteiger partial charge is 0.270 e. The molecule has 0 saturated carbocycles. The Balaban J connectivity index is 2.23. The van der Waals surface area contributed by atoms with Crippen LogP contribution in [0, 0.1) is 24.0 Å². The second-order valence-electron chi connectivity index (χ2n) is 5.70. The summed E-state index contributed by atoms with van der Waals surface area (Å²) in [4.78, 5) is 22.7. The van der Waals surface area contributed by atoms with Crippen LogP contribution in [-0.2, 0) is 0 Å². The molecule has 0 saturated heterocycles. The molecule has 2 rings (SSSR count). The Morgan fingerprint density at radius 2 is 1.92 bits per heavy atom. The fraction of sp³-hybridized carbons (Fsp3) is 0.278. The fourth-order valence-corrected chi connectivity index (χ4v) is 2.70. The van der Waals surface area contributed by atoms with E-state index in [2.05, 4.69) is 11.4 Å². The van der Waals surface area contributed by atoms with Crippen molar-refractivity contribution in [3.8, 4) is 0 Å². The van der Waals surface area contributed by atoms with Crippen molar-refractivity contribution in [2.75, 3.05) is 0 Å². The number of benzene rings is 2. The molecule has 0 spiro atoms. The predicted molar refractivity (Wildman–Crippen MR) is 94.5 cm³/mol. The zero-order valence-corrected chi connectivity index (χ0v) is 14.6. The molecule has 1 atom stereocenters. The van der Waals surface area contributed by atoms with Crippen molar-refractivity contribution < 1.29 is 9.72 Å². The van der Waals surface area contributed by atoms with Crippen LogP contribution in [0.5, 0.6) is 0 Å². The lowest BCUT2D eigenvalue weighted by atomic mass is 9.99. The van der Waals surface area contributed by atoms with E-state index in [1.54, 1.807) is 0 Å². The first-order valence-electron chi connectivity index (χ1n) is 7.65. The highest BCUT2D eigenvalue weighted by molar-refractivity contribution is 6.34. The molecule has 126 valence electrons. The molecule has 0 radical (unpaired) electrons. The summed E-state index contributed by atoms with van der Waals surface area (Å²) in [7, 11) is 0. The molecule has 2 aromatic rings. The maximum atomic E-state index is 12.5. The molecule has 1 unspecified atom stereocenters. The van der Waals surface area contributed by atoms with Gasteiger partial charge in [-0.05, 0) is 43.0 Å². The van der Waals surface area contributed by atoms with E-state index in [4.69, 9.17) is 11.6 Å². The highest BCUT2D eigenvalue weighted by Crippen LogP contribution is 2.25. The first-order chi connectivity index (χ1) is 11.3. The molecule has 2 aromatic carbocycles. The summed E-state index contributed by atoms with van der Waals surface area (Å²) in [5.74, 6) is -0.347. The molecule has 24 heavy (non-hydrogen) atoms. The number of amides is 1. The fourth-order valence-electron chi connectivity index (χ4n) is 2.44. The van der Waals surface area contributed by atoms with Gasteiger partial charge in [0.1, 0.15) is 0 Å². The van der Waals surface area contributed by atoms with E-state index in [0.717, 1.165) is 17.5 Å². The number of nitro groups is 1. The molecule has 0 bridgehead atoms. The van der Waals surface area contributed by atoms with Crippen LogP contribution in [0.3, 0.4) is 0 Å². The summed E-state index contributed by atoms with van der Waals surface area (Å²) in [6.45, 7) is 6.05. The van der Waals surface area contributed by atoms with Gasteiger partial charge in [-0.3, -0.25) is 14.9 Å². The summed E-state index contributed by atoms with van der Waals surface area (Å²) in [5, 5.41) is 13.8. The van der Waals surface area contributed by atoms with E-state index < -0.39 is 4.92 Å². The summed E-state index contributed by atoms with van der Waals surface area (Å²) >= 11 is 6.02. The van der Waals surface area contributed by atoms with Crippen LogP contribution in [0.4, 0.5) is 5.69 Å². The van der Waals surface area contributed by atoms with E-state index in [1.807, 2.05) is 32.9 Å². The van der Waals surface area contributed by atoms with E-state index in [0.29, 0.717) is 0 Å². The van der Waals surface area contributed by atoms with Crippen molar-refractivity contribution in [2.24, 2.45) is 0 Å². The van der Waals surface area contributed by atoms with Gasteiger partial charge in [-0.15, -0.1) is 0 Å². The van der Waals surface area contributed by atoms with Gasteiger partial charge in [-0.1, -0.05) is 36.7 Å². The van der Waals surface area contributed by atoms with Gasteiger partial charge in [-0.25, -0.2) is 0 Å². The molecule has 0 aliphatic heterocycles. The van der Waals surface area contributed by atoms with Crippen LogP contribution in [-0.4, -0.2) is 10.8 Å². The maximum Gasteiger partial charge on any atom is 0.270 e. The molecule has 1 N–H and O–H groups in total. The third-order valence-corrected chi connectivity index (χ3v) is 4.37. The summed E-state index contributed by atoms with van der Waals surface area (Å²) < 4.78 is 0. The second-order valence-corrected chi connectivity index (χ2v) is 6.11. The average molecular weight is 347 g/mol. The molecular weight excluding hydrogens is 328 g/mol. The standard InChI is InChI=1S/C18H19ClN2O3/c1-4-17(13-6-5-11(2)12(3)9-13)20-18(22)15-8-7-14(21(23)24)10-16(15)19/h5-10,17H,4H2,1-3H3,(H,20,22). The Bertz CT molecular complexity index is 790. The van der Waals surface area contributed by atoms with Crippen molar-refractivity contribution in [3.05, 3.63) is 73.8 Å². The molecule has 6 heteroatoms. The van der Waals surface area contributed by atoms with Gasteiger partial charge in [0.05, 0.1) is 21.6 Å². The zero-order valence-electron chi connectivity index (χ0n) is 13.8. The number of carbonyl (C=O) groups excluding carboxylic acids is 1. The van der Waals surface area contributed by atoms with Crippen LogP contribution in [0.15, 0.2) is 36.4 Å². The SMILES string of the molecule is CCC(NC(=O)c1ccc([N+](=O)[O-])cc1Cl)c1ccc(C)c(C)c1. The number of nitro benzene ring substituents is 1. The van der Waals surface area contributed by atoms with Gasteiger partial charge in [-0.2, -0.15) is 0 Å². The van der Waals surface area contributed by atoms with Gasteiger partial charge in [0.15, 0.2) is 0 Å². The van der Waals surface area contributed by atoms with Gasteiger partial charge in [0.25, 0.3) is 11.6 Å². The van der Waals surface area contributed by atoms with Crippen LogP contribution < -0.4 is 5.32 Å². The number of hydrogen-bond acceptors (Lipinski definition) is 3. The molecule has 0 aliphatic carbocycles. The Morgan fingerprint density at radius 1 is 1.21 bits per heavy atom. The van der Waals surface area contributed by atoms with Gasteiger partial charge < -0.3 is 5.32 Å². The third kappa shape index (κ3) is 3.92. The number of hydrogen-bond donors (Lipinski definition) is 1. The Morgan fingerprint density at radius 3 is 2.46 bits per heavy atom. The normalized spacial score (nSPS) is 11.8. The van der Waals surface area contributed by atoms with E-state index >= 15 is 0 Å². The highest BCUT2D eigenvalue weighted by Gasteiger charge is 2.18. The zero-order chi connectivity index (χ0) is 17.9. The summed E-state index contributed by atoms with van der Waals surface area (Å²) in [6, 6.07) is 9.77. The number of nitrogens with one attached hydrogen (secondary N) is 1. The quantitative estimate of drug-likeness (QED) is 0.627. The summed E-state index contributed by atoms with van der Waals surface area (Å²) in [6.07, 6.45) is 0.721. The first-order valence-corrected chi connectivity index (χ1v) is 8.03. The second kappa shape index (κ2) is 7.45. The lowest BCUT2D eigenvalue weighted by molar-refractivity contribution is -0.384. The van der Waals surface area contributed by atoms with Crippen molar-refractivity contribution in [3.63, 3.8) is 0 Å². The minimum atomic E-state index is -0.544. The van der Waals surface area contributed by atoms with Crippen molar-refractivity contribution in [1.82, 2.24) is 5.32 Å². The van der Waals surface area contributed by atoms with Crippen LogP contribution in [0.1, 0.15) is 46.4 Å². The lowest BCUT2D eigenvalue weighted by Gasteiger charge is -2.19. The monoisotopic (exact) mass is 346 g/mol. The van der Waals surface area contributed by atoms with Crippen LogP contribution in [0.2, 0.25) is 5.02 Å². The number of aryl methyl sites for hydroxylation is 2. The Labute approximate surface area is 145 Å². The highest BCUT2D eigenvalue weighted by atomic mass is 35.5. The predicted octanol–water partition coefficient (Wildman–Crippen LogP) is 4.75. The van der Waals surface area contributed by atoms with Crippen molar-refractivity contribution in [1.29, 1.82) is 0 Å². The number of halogens is 1. The number of non-ortho nitro benzene ring substituents is 1. The first kappa shape index (κ1) is 17.9. The van der Waals surface area contributed by atoms with E-state index in [1.165, 1.54) is 23.8 Å². The molecule has 0 fully saturated rings. The van der Waals surface area contributed by atoms with E-state index in [9.17, 15) is 14.9 Å². The average Bonchev–Trinajstić information content (AvgIpc) is 2.54. The topological polar surface area (TPSA) is 72.2 Å². The lowest BCUT2D eigenvalue weighted by Crippen LogP contribution is -2.28. The number of carbonyl (C=O) groups is 1. The number of rotatable bonds is 5. The Kier molecular flexibility index (Phi) is 5.57. The molecule has 0 aliphatic rings.